The highest BCUT2D eigenvalue weighted by atomic mass is 19.1. The van der Waals surface area contributed by atoms with Crippen LogP contribution in [0.1, 0.15) is 10.5 Å². The molecule has 1 N–H and O–H groups in total. The summed E-state index contributed by atoms with van der Waals surface area (Å²) in [6, 6.07) is 1.17. The van der Waals surface area contributed by atoms with Crippen molar-refractivity contribution in [2.75, 3.05) is 12.4 Å². The van der Waals surface area contributed by atoms with E-state index in [2.05, 4.69) is 30.0 Å². The number of aromatic nitrogens is 4. The van der Waals surface area contributed by atoms with Crippen molar-refractivity contribution >= 4 is 18.2 Å². The molecule has 0 aliphatic rings. The third kappa shape index (κ3) is 3.11. The molecule has 8 nitrogen and oxygen atoms in total. The lowest BCUT2D eigenvalue weighted by atomic mass is 10.1. The molecule has 10 heteroatoms. The van der Waals surface area contributed by atoms with E-state index in [9.17, 15) is 18.4 Å². The van der Waals surface area contributed by atoms with Crippen LogP contribution in [0.2, 0.25) is 0 Å². The molecule has 0 unspecified atom stereocenters. The van der Waals surface area contributed by atoms with E-state index >= 15 is 0 Å². The minimum absolute atomic E-state index is 0.0708. The average Bonchev–Trinajstić information content (AvgIpc) is 2.46. The Morgan fingerprint density at radius 3 is 2.71 bits per heavy atom. The Morgan fingerprint density at radius 1 is 1.29 bits per heavy atom. The van der Waals surface area contributed by atoms with Gasteiger partial charge in [0.2, 0.25) is 6.41 Å². The van der Waals surface area contributed by atoms with E-state index in [-0.39, 0.29) is 23.5 Å². The van der Waals surface area contributed by atoms with Crippen LogP contribution in [0.15, 0.2) is 12.3 Å². The zero-order chi connectivity index (χ0) is 15.4. The van der Waals surface area contributed by atoms with Crippen LogP contribution in [0.5, 0.6) is 0 Å². The van der Waals surface area contributed by atoms with Crippen molar-refractivity contribution in [3.05, 3.63) is 30.1 Å². The number of amides is 1. The second-order valence-corrected chi connectivity index (χ2v) is 3.56. The molecule has 2 aromatic rings. The normalized spacial score (nSPS) is 10.0. The Balaban J connectivity index is 2.60. The number of nitrogens with zero attached hydrogens (tertiary/aromatic N) is 4. The number of hydrogen-bond donors (Lipinski definition) is 1. The molecule has 2 heterocycles. The van der Waals surface area contributed by atoms with Gasteiger partial charge in [-0.3, -0.25) is 4.79 Å². The fourth-order valence-electron chi connectivity index (χ4n) is 1.49. The van der Waals surface area contributed by atoms with Crippen molar-refractivity contribution in [1.29, 1.82) is 0 Å². The molecule has 0 saturated carbocycles. The maximum atomic E-state index is 13.3. The van der Waals surface area contributed by atoms with Crippen LogP contribution in [0.4, 0.5) is 14.6 Å². The number of anilines is 1. The molecule has 0 aliphatic heterocycles. The van der Waals surface area contributed by atoms with Crippen LogP contribution >= 0.6 is 0 Å². The van der Waals surface area contributed by atoms with Crippen LogP contribution in [0.25, 0.3) is 11.3 Å². The van der Waals surface area contributed by atoms with E-state index < -0.39 is 23.8 Å². The molecule has 0 aliphatic carbocycles. The lowest BCUT2D eigenvalue weighted by Gasteiger charge is -2.07. The van der Waals surface area contributed by atoms with E-state index in [4.69, 9.17) is 0 Å². The van der Waals surface area contributed by atoms with Crippen LogP contribution in [-0.4, -0.2) is 39.4 Å². The van der Waals surface area contributed by atoms with Gasteiger partial charge in [0, 0.05) is 12.3 Å². The van der Waals surface area contributed by atoms with Gasteiger partial charge in [-0.1, -0.05) is 0 Å². The highest BCUT2D eigenvalue weighted by molar-refractivity contribution is 5.94. The molecule has 0 fully saturated rings. The number of rotatable bonds is 4. The molecule has 108 valence electrons. The van der Waals surface area contributed by atoms with Gasteiger partial charge in [0.15, 0.2) is 5.69 Å². The summed E-state index contributed by atoms with van der Waals surface area (Å²) in [7, 11) is 1.08. The number of nitrogens with one attached hydrogen (secondary N) is 1. The van der Waals surface area contributed by atoms with Crippen molar-refractivity contribution in [2.45, 2.75) is 0 Å². The Morgan fingerprint density at radius 2 is 2.05 bits per heavy atom. The topological polar surface area (TPSA) is 107 Å². The highest BCUT2D eigenvalue weighted by Gasteiger charge is 2.19. The summed E-state index contributed by atoms with van der Waals surface area (Å²) in [5.41, 5.74) is -0.620. The number of methoxy groups -OCH3 is 1. The maximum absolute atomic E-state index is 13.3. The molecule has 0 radical (unpaired) electrons. The van der Waals surface area contributed by atoms with Gasteiger partial charge in [-0.05, 0) is 0 Å². The Kier molecular flexibility index (Phi) is 4.07. The third-order valence-electron chi connectivity index (χ3n) is 2.32. The lowest BCUT2D eigenvalue weighted by Crippen LogP contribution is -2.10. The Labute approximate surface area is 116 Å². The fourth-order valence-corrected chi connectivity index (χ4v) is 1.49. The predicted molar refractivity (Wildman–Crippen MR) is 64.0 cm³/mol. The molecule has 0 atom stereocenters. The van der Waals surface area contributed by atoms with Gasteiger partial charge in [-0.15, -0.1) is 0 Å². The fraction of sp³-hybridized carbons (Fsp3) is 0.0909. The minimum Gasteiger partial charge on any atom is -0.464 e. The number of carbonyl (C=O) groups excluding carboxylic acids is 2. The first-order chi connectivity index (χ1) is 10.0. The van der Waals surface area contributed by atoms with Crippen molar-refractivity contribution in [2.24, 2.45) is 0 Å². The van der Waals surface area contributed by atoms with Crippen LogP contribution in [0.3, 0.4) is 0 Å². The van der Waals surface area contributed by atoms with Gasteiger partial charge in [0.05, 0.1) is 18.4 Å². The quantitative estimate of drug-likeness (QED) is 0.499. The predicted octanol–water partition coefficient (Wildman–Crippen LogP) is 0.567. The van der Waals surface area contributed by atoms with Crippen molar-refractivity contribution in [3.63, 3.8) is 0 Å². The van der Waals surface area contributed by atoms with Gasteiger partial charge in [0.25, 0.3) is 0 Å². The monoisotopic (exact) mass is 295 g/mol. The summed E-state index contributed by atoms with van der Waals surface area (Å²) >= 11 is 0. The molecule has 1 amide bonds. The van der Waals surface area contributed by atoms with E-state index in [1.807, 2.05) is 0 Å². The summed E-state index contributed by atoms with van der Waals surface area (Å²) < 4.78 is 30.8. The van der Waals surface area contributed by atoms with Gasteiger partial charge in [0.1, 0.15) is 5.82 Å². The summed E-state index contributed by atoms with van der Waals surface area (Å²) in [4.78, 5) is 35.3. The zero-order valence-corrected chi connectivity index (χ0v) is 10.5. The van der Waals surface area contributed by atoms with E-state index in [1.54, 1.807) is 0 Å². The molecule has 2 rings (SSSR count). The van der Waals surface area contributed by atoms with Gasteiger partial charge in [-0.2, -0.15) is 18.7 Å². The third-order valence-corrected chi connectivity index (χ3v) is 2.32. The molecule has 0 saturated heterocycles. The molecule has 2 aromatic heterocycles. The van der Waals surface area contributed by atoms with Gasteiger partial charge in [-0.25, -0.2) is 14.8 Å². The molecular formula is C11H7F2N5O3. The first-order valence-electron chi connectivity index (χ1n) is 5.41. The van der Waals surface area contributed by atoms with Crippen molar-refractivity contribution in [1.82, 2.24) is 19.9 Å². The van der Waals surface area contributed by atoms with E-state index in [0.717, 1.165) is 13.3 Å². The van der Waals surface area contributed by atoms with Gasteiger partial charge < -0.3 is 10.1 Å². The standard InChI is InChI=1S/C11H7F2N5O3/c1-21-9(20)8-5(3-14-10(12)18-8)6-2-7(15-4-19)17-11(13)16-6/h2-4H,1H3,(H,15,16,17,19). The Hall–Kier alpha value is -3.04. The van der Waals surface area contributed by atoms with Crippen LogP contribution in [-0.2, 0) is 9.53 Å². The Bertz CT molecular complexity index is 710. The molecule has 0 bridgehead atoms. The summed E-state index contributed by atoms with van der Waals surface area (Å²) in [5, 5.41) is 2.13. The molecule has 0 spiro atoms. The first-order valence-corrected chi connectivity index (χ1v) is 5.41. The second kappa shape index (κ2) is 5.94. The number of halogens is 2. The largest absolute Gasteiger partial charge is 0.464 e. The van der Waals surface area contributed by atoms with Gasteiger partial charge >= 0.3 is 18.1 Å². The average molecular weight is 295 g/mol. The number of carbonyl (C=O) groups is 2. The molecule has 21 heavy (non-hydrogen) atoms. The molecular weight excluding hydrogens is 288 g/mol. The van der Waals surface area contributed by atoms with Crippen LogP contribution in [0, 0.1) is 12.2 Å². The van der Waals surface area contributed by atoms with Crippen molar-refractivity contribution in [3.8, 4) is 11.3 Å². The molecule has 0 aromatic carbocycles. The van der Waals surface area contributed by atoms with Crippen LogP contribution < -0.4 is 5.32 Å². The number of esters is 1. The highest BCUT2D eigenvalue weighted by Crippen LogP contribution is 2.22. The SMILES string of the molecule is COC(=O)c1nc(F)ncc1-c1cc(NC=O)nc(F)n1. The van der Waals surface area contributed by atoms with E-state index in [1.165, 1.54) is 6.07 Å². The summed E-state index contributed by atoms with van der Waals surface area (Å²) in [6.07, 6.45) is -1.08. The minimum atomic E-state index is -1.16. The van der Waals surface area contributed by atoms with E-state index in [0.29, 0.717) is 0 Å². The summed E-state index contributed by atoms with van der Waals surface area (Å²) in [6.45, 7) is 0. The van der Waals surface area contributed by atoms with Crippen molar-refractivity contribution < 1.29 is 23.1 Å². The maximum Gasteiger partial charge on any atom is 0.357 e. The number of ether oxygens (including phenoxy) is 1. The number of hydrogen-bond acceptors (Lipinski definition) is 7. The summed E-state index contributed by atoms with van der Waals surface area (Å²) in [5.74, 6) is -1.09. The zero-order valence-electron chi connectivity index (χ0n) is 10.5. The lowest BCUT2D eigenvalue weighted by molar-refractivity contribution is -0.105. The second-order valence-electron chi connectivity index (χ2n) is 3.56. The first kappa shape index (κ1) is 14.4. The smallest absolute Gasteiger partial charge is 0.357 e.